The lowest BCUT2D eigenvalue weighted by molar-refractivity contribution is -0.160. The van der Waals surface area contributed by atoms with E-state index in [1.165, 1.54) is 0 Å². The van der Waals surface area contributed by atoms with Crippen LogP contribution in [0.4, 0.5) is 0 Å². The molecule has 0 amide bonds. The lowest BCUT2D eigenvalue weighted by Gasteiger charge is -2.64. The molecule has 3 heterocycles. The van der Waals surface area contributed by atoms with Gasteiger partial charge in [0, 0.05) is 45.1 Å². The van der Waals surface area contributed by atoms with Crippen molar-refractivity contribution in [3.05, 3.63) is 35.9 Å². The number of likely N-dealkylation sites (tertiary alicyclic amines) is 2. The Balaban J connectivity index is 1.85. The van der Waals surface area contributed by atoms with Gasteiger partial charge in [-0.25, -0.2) is 4.79 Å². The molecule has 3 fully saturated rings. The molecule has 2 unspecified atom stereocenters. The molecule has 3 aliphatic heterocycles. The third-order valence-electron chi connectivity index (χ3n) is 12.0. The SMILES string of the molecule is CN1C(C)(C)CC(C2C(OC(=O)c3ccccc3)C(C3CC(C)(C)N(C)C(C)(C)C3)C(C)(C)NC2(C)C)CC1(C)C. The van der Waals surface area contributed by atoms with Gasteiger partial charge in [-0.2, -0.15) is 0 Å². The van der Waals surface area contributed by atoms with Crippen molar-refractivity contribution in [1.29, 1.82) is 0 Å². The Morgan fingerprint density at radius 3 is 1.34 bits per heavy atom. The summed E-state index contributed by atoms with van der Waals surface area (Å²) in [5.74, 6) is 1.02. The third kappa shape index (κ3) is 6.02. The Labute approximate surface area is 252 Å². The molecular weight excluding hydrogens is 506 g/mol. The number of nitrogens with zero attached hydrogens (tertiary/aromatic N) is 2. The van der Waals surface area contributed by atoms with E-state index >= 15 is 0 Å². The second-order valence-electron chi connectivity index (χ2n) is 17.6. The zero-order valence-electron chi connectivity index (χ0n) is 28.8. The quantitative estimate of drug-likeness (QED) is 0.384. The third-order valence-corrected chi connectivity index (χ3v) is 12.0. The lowest BCUT2D eigenvalue weighted by Crippen LogP contribution is -2.74. The van der Waals surface area contributed by atoms with Crippen molar-refractivity contribution < 1.29 is 9.53 Å². The number of hydrogen-bond donors (Lipinski definition) is 1. The summed E-state index contributed by atoms with van der Waals surface area (Å²) in [4.78, 5) is 19.1. The number of piperidine rings is 3. The molecule has 2 atom stereocenters. The Hall–Kier alpha value is -1.43. The average Bonchev–Trinajstić information content (AvgIpc) is 2.79. The number of hydrogen-bond acceptors (Lipinski definition) is 5. The van der Waals surface area contributed by atoms with Gasteiger partial charge in [-0.15, -0.1) is 0 Å². The van der Waals surface area contributed by atoms with Gasteiger partial charge in [-0.1, -0.05) is 18.2 Å². The van der Waals surface area contributed by atoms with Crippen molar-refractivity contribution in [3.8, 4) is 0 Å². The van der Waals surface area contributed by atoms with E-state index < -0.39 is 0 Å². The van der Waals surface area contributed by atoms with Gasteiger partial charge in [0.25, 0.3) is 0 Å². The maximum atomic E-state index is 13.9. The largest absolute Gasteiger partial charge is 0.458 e. The molecule has 1 aromatic rings. The Bertz CT molecular complexity index is 1010. The van der Waals surface area contributed by atoms with E-state index in [1.807, 2.05) is 30.3 Å². The zero-order chi connectivity index (χ0) is 31.0. The van der Waals surface area contributed by atoms with Gasteiger partial charge < -0.3 is 10.1 Å². The molecule has 0 saturated carbocycles. The number of esters is 1. The van der Waals surface area contributed by atoms with Gasteiger partial charge in [0.15, 0.2) is 0 Å². The number of rotatable bonds is 4. The van der Waals surface area contributed by atoms with Gasteiger partial charge in [0.05, 0.1) is 5.56 Å². The summed E-state index contributed by atoms with van der Waals surface area (Å²) in [6.07, 6.45) is 4.15. The first-order valence-electron chi connectivity index (χ1n) is 16.1. The topological polar surface area (TPSA) is 44.8 Å². The van der Waals surface area contributed by atoms with Crippen LogP contribution in [0.25, 0.3) is 0 Å². The Kier molecular flexibility index (Phi) is 8.19. The summed E-state index contributed by atoms with van der Waals surface area (Å²) in [7, 11) is 4.56. The van der Waals surface area contributed by atoms with Crippen LogP contribution in [-0.4, -0.2) is 69.2 Å². The minimum atomic E-state index is -0.204. The molecule has 0 aromatic heterocycles. The van der Waals surface area contributed by atoms with Crippen molar-refractivity contribution in [2.24, 2.45) is 23.7 Å². The first kappa shape index (κ1) is 32.5. The maximum Gasteiger partial charge on any atom is 0.338 e. The van der Waals surface area contributed by atoms with Gasteiger partial charge in [-0.3, -0.25) is 9.80 Å². The molecule has 4 rings (SSSR count). The maximum absolute atomic E-state index is 13.9. The molecule has 5 nitrogen and oxygen atoms in total. The van der Waals surface area contributed by atoms with E-state index in [2.05, 4.69) is 112 Å². The van der Waals surface area contributed by atoms with Crippen molar-refractivity contribution in [3.63, 3.8) is 0 Å². The minimum absolute atomic E-state index is 0.0521. The molecule has 0 spiro atoms. The van der Waals surface area contributed by atoms with Gasteiger partial charge >= 0.3 is 5.97 Å². The fourth-order valence-corrected chi connectivity index (χ4v) is 10.1. The van der Waals surface area contributed by atoms with Crippen LogP contribution in [0.5, 0.6) is 0 Å². The van der Waals surface area contributed by atoms with Crippen molar-refractivity contribution in [2.45, 2.75) is 148 Å². The predicted octanol–water partition coefficient (Wildman–Crippen LogP) is 7.40. The first-order valence-corrected chi connectivity index (χ1v) is 16.1. The van der Waals surface area contributed by atoms with Crippen LogP contribution in [0.3, 0.4) is 0 Å². The smallest absolute Gasteiger partial charge is 0.338 e. The Morgan fingerprint density at radius 1 is 0.659 bits per heavy atom. The number of ether oxygens (including phenoxy) is 1. The van der Waals surface area contributed by atoms with Crippen LogP contribution in [0.15, 0.2) is 30.3 Å². The van der Waals surface area contributed by atoms with Crippen molar-refractivity contribution in [2.75, 3.05) is 14.1 Å². The van der Waals surface area contributed by atoms with E-state index in [1.54, 1.807) is 0 Å². The molecule has 41 heavy (non-hydrogen) atoms. The fourth-order valence-electron chi connectivity index (χ4n) is 10.1. The molecule has 0 aliphatic carbocycles. The molecular formula is C36H61N3O2. The standard InChI is InChI=1S/C36H61N3O2/c1-31(2)20-25(21-32(3,4)38(31)13)27-29(41-30(40)24-18-16-15-17-19-24)28(36(11,12)37-35(27,9)10)26-22-33(5,6)39(14)34(7,8)23-26/h15-19,25-29,37H,20-23H2,1-14H3. The lowest BCUT2D eigenvalue weighted by atomic mass is 9.53. The van der Waals surface area contributed by atoms with Gasteiger partial charge in [0.2, 0.25) is 0 Å². The zero-order valence-corrected chi connectivity index (χ0v) is 28.8. The molecule has 0 bridgehead atoms. The summed E-state index contributed by atoms with van der Waals surface area (Å²) in [6, 6.07) is 9.63. The molecule has 232 valence electrons. The molecule has 1 aromatic carbocycles. The summed E-state index contributed by atoms with van der Waals surface area (Å²) in [5, 5.41) is 4.18. The van der Waals surface area contributed by atoms with Crippen LogP contribution in [0.1, 0.15) is 119 Å². The van der Waals surface area contributed by atoms with E-state index in [0.29, 0.717) is 17.4 Å². The fraction of sp³-hybridized carbons (Fsp3) is 0.806. The molecule has 3 saturated heterocycles. The van der Waals surface area contributed by atoms with Gasteiger partial charge in [-0.05, 0) is 147 Å². The van der Waals surface area contributed by atoms with Crippen molar-refractivity contribution in [1.82, 2.24) is 15.1 Å². The first-order chi connectivity index (χ1) is 18.5. The van der Waals surface area contributed by atoms with Crippen molar-refractivity contribution >= 4 is 5.97 Å². The highest BCUT2D eigenvalue weighted by molar-refractivity contribution is 5.89. The van der Waals surface area contributed by atoms with Crippen LogP contribution in [-0.2, 0) is 4.74 Å². The van der Waals surface area contributed by atoms with E-state index in [9.17, 15) is 4.79 Å². The Morgan fingerprint density at radius 2 is 1.00 bits per heavy atom. The van der Waals surface area contributed by atoms with E-state index in [4.69, 9.17) is 4.74 Å². The number of benzene rings is 1. The van der Waals surface area contributed by atoms with Gasteiger partial charge in [0.1, 0.15) is 6.10 Å². The highest BCUT2D eigenvalue weighted by Gasteiger charge is 2.61. The van der Waals surface area contributed by atoms with E-state index in [-0.39, 0.29) is 57.1 Å². The van der Waals surface area contributed by atoms with E-state index in [0.717, 1.165) is 25.7 Å². The normalized spacial score (nSPS) is 33.3. The molecule has 0 radical (unpaired) electrons. The highest BCUT2D eigenvalue weighted by Crippen LogP contribution is 2.55. The van der Waals surface area contributed by atoms with Crippen LogP contribution >= 0.6 is 0 Å². The van der Waals surface area contributed by atoms with Crippen LogP contribution in [0.2, 0.25) is 0 Å². The predicted molar refractivity (Wildman–Crippen MR) is 171 cm³/mol. The van der Waals surface area contributed by atoms with Crippen LogP contribution < -0.4 is 5.32 Å². The molecule has 5 heteroatoms. The monoisotopic (exact) mass is 567 g/mol. The minimum Gasteiger partial charge on any atom is -0.458 e. The second kappa shape index (κ2) is 10.3. The van der Waals surface area contributed by atoms with Crippen LogP contribution in [0, 0.1) is 23.7 Å². The second-order valence-corrected chi connectivity index (χ2v) is 17.6. The summed E-state index contributed by atoms with van der Waals surface area (Å²) < 4.78 is 6.90. The number of carbonyl (C=O) groups is 1. The highest BCUT2D eigenvalue weighted by atomic mass is 16.5. The molecule has 1 N–H and O–H groups in total. The number of nitrogens with one attached hydrogen (secondary N) is 1. The molecule has 3 aliphatic rings. The average molecular weight is 568 g/mol. The summed E-state index contributed by atoms with van der Waals surface area (Å²) in [6.45, 7) is 28.5. The summed E-state index contributed by atoms with van der Waals surface area (Å²) in [5.41, 5.74) is 0.447. The summed E-state index contributed by atoms with van der Waals surface area (Å²) >= 11 is 0. The number of carbonyl (C=O) groups excluding carboxylic acids is 1.